The second-order valence-electron chi connectivity index (χ2n) is 5.12. The van der Waals surface area contributed by atoms with E-state index in [-0.39, 0.29) is 11.9 Å². The molecule has 1 unspecified atom stereocenters. The van der Waals surface area contributed by atoms with Crippen molar-refractivity contribution in [2.45, 2.75) is 39.2 Å². The number of nitrogens with one attached hydrogen (secondary N) is 1. The highest BCUT2D eigenvalue weighted by atomic mass is 16.1. The van der Waals surface area contributed by atoms with Crippen LogP contribution in [0.3, 0.4) is 0 Å². The van der Waals surface area contributed by atoms with Crippen LogP contribution in [-0.2, 0) is 11.2 Å². The molecule has 0 bridgehead atoms. The van der Waals surface area contributed by atoms with Crippen molar-refractivity contribution in [2.24, 2.45) is 5.92 Å². The van der Waals surface area contributed by atoms with E-state index in [0.717, 1.165) is 29.5 Å². The molecule has 1 N–H and O–H groups in total. The summed E-state index contributed by atoms with van der Waals surface area (Å²) in [5.74, 6) is 0.319. The van der Waals surface area contributed by atoms with Crippen LogP contribution in [0.5, 0.6) is 0 Å². The summed E-state index contributed by atoms with van der Waals surface area (Å²) in [7, 11) is 0. The lowest BCUT2D eigenvalue weighted by atomic mass is 10.0. The van der Waals surface area contributed by atoms with Crippen LogP contribution in [-0.4, -0.2) is 11.9 Å². The van der Waals surface area contributed by atoms with Crippen LogP contribution in [0, 0.1) is 31.1 Å². The molecule has 1 atom stereocenters. The third-order valence-corrected chi connectivity index (χ3v) is 3.40. The molecule has 1 fully saturated rings. The normalized spacial score (nSPS) is 15.8. The second-order valence-corrected chi connectivity index (χ2v) is 5.12. The number of hydrogen-bond acceptors (Lipinski definition) is 2. The van der Waals surface area contributed by atoms with Gasteiger partial charge in [0.2, 0.25) is 5.91 Å². The summed E-state index contributed by atoms with van der Waals surface area (Å²) in [6.07, 6.45) is 2.47. The van der Waals surface area contributed by atoms with Gasteiger partial charge in [-0.2, -0.15) is 5.26 Å². The molecule has 0 radical (unpaired) electrons. The lowest BCUT2D eigenvalue weighted by Gasteiger charge is -2.11. The van der Waals surface area contributed by atoms with Crippen LogP contribution in [0.25, 0.3) is 0 Å². The molecule has 1 aromatic carbocycles. The lowest BCUT2D eigenvalue weighted by Crippen LogP contribution is -2.36. The maximum atomic E-state index is 11.9. The first-order valence-corrected chi connectivity index (χ1v) is 6.35. The van der Waals surface area contributed by atoms with Crippen molar-refractivity contribution in [1.29, 1.82) is 5.26 Å². The molecule has 94 valence electrons. The SMILES string of the molecule is Cc1ccc(C)c(CC(=O)NC(C#N)C2CC2)c1. The highest BCUT2D eigenvalue weighted by Gasteiger charge is 2.32. The van der Waals surface area contributed by atoms with E-state index in [1.807, 2.05) is 32.0 Å². The zero-order valence-corrected chi connectivity index (χ0v) is 10.9. The van der Waals surface area contributed by atoms with Crippen molar-refractivity contribution < 1.29 is 4.79 Å². The van der Waals surface area contributed by atoms with Gasteiger partial charge in [-0.15, -0.1) is 0 Å². The Morgan fingerprint density at radius 3 is 2.83 bits per heavy atom. The van der Waals surface area contributed by atoms with E-state index in [4.69, 9.17) is 5.26 Å². The molecule has 2 rings (SSSR count). The Labute approximate surface area is 108 Å². The molecule has 1 saturated carbocycles. The second kappa shape index (κ2) is 5.22. The van der Waals surface area contributed by atoms with Crippen LogP contribution >= 0.6 is 0 Å². The fraction of sp³-hybridized carbons (Fsp3) is 0.467. The third-order valence-electron chi connectivity index (χ3n) is 3.40. The van der Waals surface area contributed by atoms with Gasteiger partial charge in [0.1, 0.15) is 6.04 Å². The van der Waals surface area contributed by atoms with Crippen LogP contribution in [0.15, 0.2) is 18.2 Å². The number of rotatable bonds is 4. The molecule has 1 aliphatic rings. The molecular formula is C15H18N2O. The molecule has 0 spiro atoms. The summed E-state index contributed by atoms with van der Waals surface area (Å²) >= 11 is 0. The number of amides is 1. The topological polar surface area (TPSA) is 52.9 Å². The summed E-state index contributed by atoms with van der Waals surface area (Å²) in [4.78, 5) is 11.9. The standard InChI is InChI=1S/C15H18N2O/c1-10-3-4-11(2)13(7-10)8-15(18)17-14(9-16)12-5-6-12/h3-4,7,12,14H,5-6,8H2,1-2H3,(H,17,18). The average molecular weight is 242 g/mol. The van der Waals surface area contributed by atoms with Gasteiger partial charge in [-0.3, -0.25) is 4.79 Å². The summed E-state index contributed by atoms with van der Waals surface area (Å²) < 4.78 is 0. The van der Waals surface area contributed by atoms with Crippen molar-refractivity contribution in [2.75, 3.05) is 0 Å². The van der Waals surface area contributed by atoms with E-state index < -0.39 is 0 Å². The minimum Gasteiger partial charge on any atom is -0.340 e. The van der Waals surface area contributed by atoms with Crippen LogP contribution in [0.4, 0.5) is 0 Å². The predicted molar refractivity (Wildman–Crippen MR) is 69.9 cm³/mol. The van der Waals surface area contributed by atoms with Gasteiger partial charge >= 0.3 is 0 Å². The number of hydrogen-bond donors (Lipinski definition) is 1. The zero-order valence-electron chi connectivity index (χ0n) is 10.9. The molecule has 3 nitrogen and oxygen atoms in total. The number of nitriles is 1. The fourth-order valence-electron chi connectivity index (χ4n) is 2.07. The number of carbonyl (C=O) groups is 1. The maximum absolute atomic E-state index is 11.9. The molecule has 0 aromatic heterocycles. The minimum atomic E-state index is -0.303. The fourth-order valence-corrected chi connectivity index (χ4v) is 2.07. The minimum absolute atomic E-state index is 0.0536. The molecule has 3 heteroatoms. The van der Waals surface area contributed by atoms with Gasteiger partial charge in [-0.1, -0.05) is 23.8 Å². The van der Waals surface area contributed by atoms with Gasteiger partial charge in [0, 0.05) is 0 Å². The van der Waals surface area contributed by atoms with Gasteiger partial charge in [0.05, 0.1) is 12.5 Å². The molecule has 0 aliphatic heterocycles. The molecule has 1 aromatic rings. The monoisotopic (exact) mass is 242 g/mol. The molecule has 0 heterocycles. The van der Waals surface area contributed by atoms with Crippen molar-refractivity contribution >= 4 is 5.91 Å². The molecule has 18 heavy (non-hydrogen) atoms. The largest absolute Gasteiger partial charge is 0.340 e. The Hall–Kier alpha value is -1.82. The van der Waals surface area contributed by atoms with Crippen molar-refractivity contribution in [1.82, 2.24) is 5.32 Å². The first kappa shape index (κ1) is 12.6. The van der Waals surface area contributed by atoms with Crippen molar-refractivity contribution in [3.8, 4) is 6.07 Å². The molecular weight excluding hydrogens is 224 g/mol. The van der Waals surface area contributed by atoms with E-state index in [9.17, 15) is 4.79 Å². The Bertz CT molecular complexity index is 498. The Morgan fingerprint density at radius 1 is 1.50 bits per heavy atom. The number of nitrogens with zero attached hydrogens (tertiary/aromatic N) is 1. The van der Waals surface area contributed by atoms with Crippen molar-refractivity contribution in [3.63, 3.8) is 0 Å². The van der Waals surface area contributed by atoms with E-state index in [1.54, 1.807) is 0 Å². The van der Waals surface area contributed by atoms with E-state index in [2.05, 4.69) is 11.4 Å². The van der Waals surface area contributed by atoms with Crippen LogP contribution in [0.1, 0.15) is 29.5 Å². The highest BCUT2D eigenvalue weighted by Crippen LogP contribution is 2.32. The predicted octanol–water partition coefficient (Wildman–Crippen LogP) is 2.26. The average Bonchev–Trinajstić information content (AvgIpc) is 3.15. The maximum Gasteiger partial charge on any atom is 0.225 e. The number of aryl methyl sites for hydroxylation is 2. The smallest absolute Gasteiger partial charge is 0.225 e. The Kier molecular flexibility index (Phi) is 3.66. The Morgan fingerprint density at radius 2 is 2.22 bits per heavy atom. The lowest BCUT2D eigenvalue weighted by molar-refractivity contribution is -0.120. The van der Waals surface area contributed by atoms with Gasteiger partial charge in [0.25, 0.3) is 0 Å². The molecule has 1 amide bonds. The number of carbonyl (C=O) groups excluding carboxylic acids is 1. The van der Waals surface area contributed by atoms with Gasteiger partial charge in [-0.25, -0.2) is 0 Å². The van der Waals surface area contributed by atoms with Crippen LogP contribution < -0.4 is 5.32 Å². The number of benzene rings is 1. The zero-order chi connectivity index (χ0) is 13.1. The quantitative estimate of drug-likeness (QED) is 0.880. The van der Waals surface area contributed by atoms with Crippen molar-refractivity contribution in [3.05, 3.63) is 34.9 Å². The van der Waals surface area contributed by atoms with E-state index in [1.165, 1.54) is 0 Å². The molecule has 1 aliphatic carbocycles. The summed E-state index contributed by atoms with van der Waals surface area (Å²) in [5.41, 5.74) is 3.32. The summed E-state index contributed by atoms with van der Waals surface area (Å²) in [6, 6.07) is 7.98. The van der Waals surface area contributed by atoms with Gasteiger partial charge in [-0.05, 0) is 43.7 Å². The Balaban J connectivity index is 1.98. The van der Waals surface area contributed by atoms with Crippen LogP contribution in [0.2, 0.25) is 0 Å². The van der Waals surface area contributed by atoms with E-state index >= 15 is 0 Å². The highest BCUT2D eigenvalue weighted by molar-refractivity contribution is 5.79. The third kappa shape index (κ3) is 3.10. The summed E-state index contributed by atoms with van der Waals surface area (Å²) in [6.45, 7) is 4.02. The first-order chi connectivity index (χ1) is 8.60. The van der Waals surface area contributed by atoms with E-state index in [0.29, 0.717) is 12.3 Å². The summed E-state index contributed by atoms with van der Waals surface area (Å²) in [5, 5.41) is 11.8. The first-order valence-electron chi connectivity index (χ1n) is 6.35. The molecule has 0 saturated heterocycles. The van der Waals surface area contributed by atoms with Gasteiger partial charge < -0.3 is 5.32 Å². The van der Waals surface area contributed by atoms with Gasteiger partial charge in [0.15, 0.2) is 0 Å².